The lowest BCUT2D eigenvalue weighted by molar-refractivity contribution is -0.115. The summed E-state index contributed by atoms with van der Waals surface area (Å²) in [4.78, 5) is 16.7. The molecule has 2 atom stereocenters. The highest BCUT2D eigenvalue weighted by Crippen LogP contribution is 2.42. The Kier molecular flexibility index (Phi) is 7.33. The molecule has 0 aliphatic carbocycles. The minimum Gasteiger partial charge on any atom is -0.497 e. The van der Waals surface area contributed by atoms with Gasteiger partial charge in [0.1, 0.15) is 5.75 Å². The monoisotopic (exact) mass is 451 g/mol. The van der Waals surface area contributed by atoms with Gasteiger partial charge >= 0.3 is 0 Å². The molecule has 3 aromatic rings. The molecule has 0 unspecified atom stereocenters. The van der Waals surface area contributed by atoms with Crippen LogP contribution in [0.4, 0.5) is 0 Å². The number of hydrogen-bond acceptors (Lipinski definition) is 4. The average Bonchev–Trinajstić information content (AvgIpc) is 3.24. The second-order valence-corrected chi connectivity index (χ2v) is 9.28. The third kappa shape index (κ3) is 5.51. The Bertz CT molecular complexity index is 1010. The van der Waals surface area contributed by atoms with E-state index in [1.54, 1.807) is 7.11 Å². The molecule has 0 bridgehead atoms. The maximum atomic E-state index is 13.3. The number of benzene rings is 3. The fourth-order valence-electron chi connectivity index (χ4n) is 4.23. The summed E-state index contributed by atoms with van der Waals surface area (Å²) in [5.41, 5.74) is 2.46. The molecule has 5 heteroatoms. The van der Waals surface area contributed by atoms with Crippen molar-refractivity contribution in [3.63, 3.8) is 0 Å². The highest BCUT2D eigenvalue weighted by molar-refractivity contribution is 8.13. The Balaban J connectivity index is 1.55. The quantitative estimate of drug-likeness (QED) is 0.396. The van der Waals surface area contributed by atoms with Crippen LogP contribution in [0.1, 0.15) is 23.6 Å². The van der Waals surface area contributed by atoms with Gasteiger partial charge in [-0.2, -0.15) is 0 Å². The minimum absolute atomic E-state index is 0.0473. The molecular weight excluding hydrogens is 426 g/mol. The summed E-state index contributed by atoms with van der Waals surface area (Å²) in [6.07, 6.45) is 1.82. The van der Waals surface area contributed by atoms with Crippen molar-refractivity contribution in [1.29, 1.82) is 0 Å². The fourth-order valence-corrected chi connectivity index (χ4v) is 5.26. The van der Waals surface area contributed by atoms with E-state index < -0.39 is 0 Å². The standard InChI is InChI=1S/C26H26ClNO2S/c1-30-22-9-5-8-20(18-22)25-24(26(29)31-23-12-10-21(27)11-13-23)15-17-28(25)16-14-19-6-3-2-4-7-19/h2-13,18,24-25H,14-17H2,1H3/t24-,25-/m1/s1. The van der Waals surface area contributed by atoms with Crippen LogP contribution in [0.2, 0.25) is 5.02 Å². The molecule has 3 aromatic carbocycles. The molecule has 0 spiro atoms. The zero-order chi connectivity index (χ0) is 21.6. The molecule has 1 aliphatic heterocycles. The number of likely N-dealkylation sites (tertiary alicyclic amines) is 1. The molecule has 0 N–H and O–H groups in total. The number of carbonyl (C=O) groups excluding carboxylic acids is 1. The Morgan fingerprint density at radius 2 is 1.84 bits per heavy atom. The number of rotatable bonds is 7. The molecule has 0 saturated carbocycles. The van der Waals surface area contributed by atoms with E-state index in [1.807, 2.05) is 42.5 Å². The Labute approximate surface area is 193 Å². The van der Waals surface area contributed by atoms with Crippen molar-refractivity contribution in [3.05, 3.63) is 95.0 Å². The van der Waals surface area contributed by atoms with Crippen molar-refractivity contribution in [2.24, 2.45) is 5.92 Å². The lowest BCUT2D eigenvalue weighted by atomic mass is 9.94. The van der Waals surface area contributed by atoms with Gasteiger partial charge in [-0.3, -0.25) is 9.69 Å². The topological polar surface area (TPSA) is 29.5 Å². The molecule has 0 aromatic heterocycles. The predicted molar refractivity (Wildman–Crippen MR) is 128 cm³/mol. The fraction of sp³-hybridized carbons (Fsp3) is 0.269. The molecule has 3 nitrogen and oxygen atoms in total. The first-order valence-electron chi connectivity index (χ1n) is 10.5. The third-order valence-electron chi connectivity index (χ3n) is 5.80. The molecule has 160 valence electrons. The van der Waals surface area contributed by atoms with Gasteiger partial charge in [0, 0.05) is 28.4 Å². The van der Waals surface area contributed by atoms with E-state index in [0.717, 1.165) is 42.1 Å². The maximum absolute atomic E-state index is 13.3. The van der Waals surface area contributed by atoms with Gasteiger partial charge in [0.05, 0.1) is 7.11 Å². The number of nitrogens with zero attached hydrogens (tertiary/aromatic N) is 1. The third-order valence-corrected chi connectivity index (χ3v) is 7.07. The van der Waals surface area contributed by atoms with Crippen molar-refractivity contribution in [1.82, 2.24) is 4.90 Å². The van der Waals surface area contributed by atoms with Gasteiger partial charge < -0.3 is 4.74 Å². The van der Waals surface area contributed by atoms with Crippen LogP contribution >= 0.6 is 23.4 Å². The van der Waals surface area contributed by atoms with Gasteiger partial charge in [-0.1, -0.05) is 65.8 Å². The lowest BCUT2D eigenvalue weighted by Crippen LogP contribution is -2.29. The highest BCUT2D eigenvalue weighted by atomic mass is 35.5. The van der Waals surface area contributed by atoms with Gasteiger partial charge in [-0.25, -0.2) is 0 Å². The van der Waals surface area contributed by atoms with Crippen LogP contribution in [-0.2, 0) is 11.2 Å². The Morgan fingerprint density at radius 1 is 1.06 bits per heavy atom. The van der Waals surface area contributed by atoms with E-state index in [0.29, 0.717) is 5.02 Å². The Morgan fingerprint density at radius 3 is 2.58 bits per heavy atom. The van der Waals surface area contributed by atoms with Crippen LogP contribution in [-0.4, -0.2) is 30.2 Å². The van der Waals surface area contributed by atoms with Crippen LogP contribution in [0, 0.1) is 5.92 Å². The SMILES string of the molecule is COc1cccc([C@@H]2[C@H](C(=O)Sc3ccc(Cl)cc3)CCN2CCc2ccccc2)c1. The molecule has 1 heterocycles. The summed E-state index contributed by atoms with van der Waals surface area (Å²) in [6.45, 7) is 1.83. The van der Waals surface area contributed by atoms with Gasteiger partial charge in [-0.05, 0) is 66.9 Å². The van der Waals surface area contributed by atoms with Gasteiger partial charge in [-0.15, -0.1) is 0 Å². The zero-order valence-electron chi connectivity index (χ0n) is 17.5. The molecule has 1 aliphatic rings. The van der Waals surface area contributed by atoms with E-state index >= 15 is 0 Å². The van der Waals surface area contributed by atoms with E-state index in [-0.39, 0.29) is 17.1 Å². The van der Waals surface area contributed by atoms with Gasteiger partial charge in [0.15, 0.2) is 5.12 Å². The first-order valence-corrected chi connectivity index (χ1v) is 11.7. The lowest BCUT2D eigenvalue weighted by Gasteiger charge is -2.28. The van der Waals surface area contributed by atoms with E-state index in [4.69, 9.17) is 16.3 Å². The summed E-state index contributed by atoms with van der Waals surface area (Å²) < 4.78 is 5.46. The molecule has 4 rings (SSSR count). The second-order valence-electron chi connectivity index (χ2n) is 7.76. The molecule has 0 radical (unpaired) electrons. The molecule has 31 heavy (non-hydrogen) atoms. The number of halogens is 1. The van der Waals surface area contributed by atoms with Crippen LogP contribution in [0.3, 0.4) is 0 Å². The molecule has 1 saturated heterocycles. The van der Waals surface area contributed by atoms with Gasteiger partial charge in [0.2, 0.25) is 0 Å². The van der Waals surface area contributed by atoms with Crippen molar-refractivity contribution >= 4 is 28.5 Å². The van der Waals surface area contributed by atoms with E-state index in [2.05, 4.69) is 41.3 Å². The minimum atomic E-state index is -0.0662. The highest BCUT2D eigenvalue weighted by Gasteiger charge is 2.39. The van der Waals surface area contributed by atoms with E-state index in [1.165, 1.54) is 17.3 Å². The number of methoxy groups -OCH3 is 1. The maximum Gasteiger partial charge on any atom is 0.198 e. The molecule has 1 fully saturated rings. The van der Waals surface area contributed by atoms with Crippen LogP contribution < -0.4 is 4.74 Å². The molecule has 0 amide bonds. The number of hydrogen-bond donors (Lipinski definition) is 0. The van der Waals surface area contributed by atoms with Crippen molar-refractivity contribution in [2.45, 2.75) is 23.8 Å². The van der Waals surface area contributed by atoms with Crippen molar-refractivity contribution in [2.75, 3.05) is 20.2 Å². The van der Waals surface area contributed by atoms with E-state index in [9.17, 15) is 4.79 Å². The summed E-state index contributed by atoms with van der Waals surface area (Å²) in [5.74, 6) is 0.757. The van der Waals surface area contributed by atoms with Crippen molar-refractivity contribution < 1.29 is 9.53 Å². The predicted octanol–water partition coefficient (Wildman–Crippen LogP) is 6.27. The van der Waals surface area contributed by atoms with Crippen LogP contribution in [0.25, 0.3) is 0 Å². The summed E-state index contributed by atoms with van der Waals surface area (Å²) in [6, 6.07) is 26.2. The number of carbonyl (C=O) groups is 1. The van der Waals surface area contributed by atoms with Gasteiger partial charge in [0.25, 0.3) is 0 Å². The first-order chi connectivity index (χ1) is 15.1. The average molecular weight is 452 g/mol. The zero-order valence-corrected chi connectivity index (χ0v) is 19.1. The van der Waals surface area contributed by atoms with Crippen LogP contribution in [0.5, 0.6) is 5.75 Å². The summed E-state index contributed by atoms with van der Waals surface area (Å²) >= 11 is 7.32. The second kappa shape index (κ2) is 10.4. The number of ether oxygens (including phenoxy) is 1. The molecular formula is C26H26ClNO2S. The normalized spacial score (nSPS) is 18.8. The largest absolute Gasteiger partial charge is 0.497 e. The Hall–Kier alpha value is -2.27. The van der Waals surface area contributed by atoms with Crippen LogP contribution in [0.15, 0.2) is 83.8 Å². The summed E-state index contributed by atoms with van der Waals surface area (Å²) in [7, 11) is 1.68. The smallest absolute Gasteiger partial charge is 0.198 e. The first kappa shape index (κ1) is 21.9. The summed E-state index contributed by atoms with van der Waals surface area (Å²) in [5, 5.41) is 0.886. The number of thioether (sulfide) groups is 1. The van der Waals surface area contributed by atoms with Crippen molar-refractivity contribution in [3.8, 4) is 5.75 Å².